The first kappa shape index (κ1) is 12.7. The summed E-state index contributed by atoms with van der Waals surface area (Å²) in [7, 11) is 1.59. The van der Waals surface area contributed by atoms with E-state index in [4.69, 9.17) is 10.7 Å². The van der Waals surface area contributed by atoms with Crippen LogP contribution in [0.5, 0.6) is 0 Å². The summed E-state index contributed by atoms with van der Waals surface area (Å²) in [6.45, 7) is 1.87. The summed E-state index contributed by atoms with van der Waals surface area (Å²) in [4.78, 5) is 4.34. The molecule has 0 aliphatic carbocycles. The van der Waals surface area contributed by atoms with Gasteiger partial charge in [0.25, 0.3) is 9.05 Å². The number of aryl methyl sites for hydroxylation is 1. The van der Waals surface area contributed by atoms with Crippen LogP contribution in [-0.4, -0.2) is 13.4 Å². The van der Waals surface area contributed by atoms with Crippen LogP contribution in [0.3, 0.4) is 0 Å². The van der Waals surface area contributed by atoms with Crippen molar-refractivity contribution in [3.63, 3.8) is 0 Å². The maximum absolute atomic E-state index is 11.0. The van der Waals surface area contributed by atoms with Gasteiger partial charge in [-0.3, -0.25) is 0 Å². The van der Waals surface area contributed by atoms with Gasteiger partial charge in [0, 0.05) is 10.7 Å². The molecule has 1 aromatic heterocycles. The molecule has 0 N–H and O–H groups in total. The van der Waals surface area contributed by atoms with Crippen LogP contribution in [0.4, 0.5) is 0 Å². The van der Waals surface area contributed by atoms with Crippen LogP contribution in [0.15, 0.2) is 23.1 Å². The van der Waals surface area contributed by atoms with Crippen LogP contribution >= 0.6 is 34.4 Å². The second-order valence-corrected chi connectivity index (χ2v) is 6.60. The third-order valence-electron chi connectivity index (χ3n) is 1.75. The molecule has 0 amide bonds. The summed E-state index contributed by atoms with van der Waals surface area (Å²) < 4.78 is 22.9. The van der Waals surface area contributed by atoms with E-state index in [1.165, 1.54) is 17.4 Å². The third-order valence-corrected chi connectivity index (χ3v) is 4.03. The van der Waals surface area contributed by atoms with Crippen LogP contribution in [0, 0.1) is 6.92 Å². The van der Waals surface area contributed by atoms with E-state index in [0.29, 0.717) is 0 Å². The Morgan fingerprint density at radius 2 is 2.07 bits per heavy atom. The zero-order chi connectivity index (χ0) is 10.3. The summed E-state index contributed by atoms with van der Waals surface area (Å²) in [5.74, 6) is 0. The number of nitrogens with zero attached hydrogens (tertiary/aromatic N) is 1. The fourth-order valence-corrected chi connectivity index (χ4v) is 2.89. The van der Waals surface area contributed by atoms with Gasteiger partial charge in [0.05, 0.1) is 20.1 Å². The number of hydrogen-bond acceptors (Lipinski definition) is 4. The molecule has 15 heavy (non-hydrogen) atoms. The molecule has 0 unspecified atom stereocenters. The molecule has 0 spiro atoms. The Hall–Kier alpha value is -0.360. The number of fused-ring (bicyclic) bond motifs is 1. The van der Waals surface area contributed by atoms with Crippen molar-refractivity contribution in [1.29, 1.82) is 0 Å². The third kappa shape index (κ3) is 2.60. The molecule has 2 aromatic rings. The molecule has 3 nitrogen and oxygen atoms in total. The number of hydrogen-bond donors (Lipinski definition) is 0. The molecule has 82 valence electrons. The molecular formula is C8H7Cl2NO2S2. The van der Waals surface area contributed by atoms with Crippen molar-refractivity contribution in [2.45, 2.75) is 11.8 Å². The van der Waals surface area contributed by atoms with Crippen molar-refractivity contribution >= 4 is 53.7 Å². The highest BCUT2D eigenvalue weighted by molar-refractivity contribution is 8.13. The lowest BCUT2D eigenvalue weighted by atomic mass is 10.3. The summed E-state index contributed by atoms with van der Waals surface area (Å²) in [6.07, 6.45) is 0. The molecule has 0 saturated carbocycles. The summed E-state index contributed by atoms with van der Waals surface area (Å²) >= 11 is 1.45. The highest BCUT2D eigenvalue weighted by Crippen LogP contribution is 2.25. The van der Waals surface area contributed by atoms with E-state index in [0.717, 1.165) is 15.2 Å². The first-order valence-electron chi connectivity index (χ1n) is 3.79. The fraction of sp³-hybridized carbons (Fsp3) is 0.125. The molecule has 0 fully saturated rings. The quantitative estimate of drug-likeness (QED) is 0.756. The average Bonchev–Trinajstić information content (AvgIpc) is 2.41. The highest BCUT2D eigenvalue weighted by Gasteiger charge is 2.11. The number of thiazole rings is 1. The predicted molar refractivity (Wildman–Crippen MR) is 64.6 cm³/mol. The Labute approximate surface area is 102 Å². The normalized spacial score (nSPS) is 11.3. The van der Waals surface area contributed by atoms with E-state index in [1.54, 1.807) is 12.1 Å². The molecule has 0 saturated heterocycles. The SMILES string of the molecule is Cc1nc2ccc(S(=O)(=O)Cl)cc2s1.Cl. The molecule has 0 bridgehead atoms. The monoisotopic (exact) mass is 283 g/mol. The molecule has 0 aliphatic heterocycles. The van der Waals surface area contributed by atoms with Crippen LogP contribution in [-0.2, 0) is 9.05 Å². The maximum Gasteiger partial charge on any atom is 0.261 e. The van der Waals surface area contributed by atoms with E-state index in [-0.39, 0.29) is 17.3 Å². The van der Waals surface area contributed by atoms with E-state index >= 15 is 0 Å². The Kier molecular flexibility index (Phi) is 3.60. The van der Waals surface area contributed by atoms with Crippen molar-refractivity contribution < 1.29 is 8.42 Å². The second-order valence-electron chi connectivity index (χ2n) is 2.80. The molecule has 0 radical (unpaired) electrons. The van der Waals surface area contributed by atoms with Crippen molar-refractivity contribution in [1.82, 2.24) is 4.98 Å². The zero-order valence-corrected chi connectivity index (χ0v) is 10.8. The number of benzene rings is 1. The second kappa shape index (κ2) is 4.25. The minimum Gasteiger partial charge on any atom is -0.242 e. The van der Waals surface area contributed by atoms with E-state index in [2.05, 4.69) is 4.98 Å². The molecule has 1 aromatic carbocycles. The Morgan fingerprint density at radius 3 is 2.67 bits per heavy atom. The maximum atomic E-state index is 11.0. The standard InChI is InChI=1S/C8H6ClNO2S2.ClH/c1-5-10-7-3-2-6(14(9,11)12)4-8(7)13-5;/h2-4H,1H3;1H. The topological polar surface area (TPSA) is 47.0 Å². The first-order chi connectivity index (χ1) is 6.47. The Morgan fingerprint density at radius 1 is 1.40 bits per heavy atom. The van der Waals surface area contributed by atoms with Crippen LogP contribution in [0.25, 0.3) is 10.2 Å². The lowest BCUT2D eigenvalue weighted by Crippen LogP contribution is -1.88. The zero-order valence-electron chi connectivity index (χ0n) is 7.60. The number of halogens is 2. The molecular weight excluding hydrogens is 277 g/mol. The lowest BCUT2D eigenvalue weighted by molar-refractivity contribution is 0.609. The van der Waals surface area contributed by atoms with E-state index in [9.17, 15) is 8.42 Å². The van der Waals surface area contributed by atoms with Gasteiger partial charge >= 0.3 is 0 Å². The number of aromatic nitrogens is 1. The van der Waals surface area contributed by atoms with Gasteiger partial charge in [-0.25, -0.2) is 13.4 Å². The van der Waals surface area contributed by atoms with Crippen LogP contribution < -0.4 is 0 Å². The Balaban J connectivity index is 0.00000112. The van der Waals surface area contributed by atoms with Crippen LogP contribution in [0.1, 0.15) is 5.01 Å². The van der Waals surface area contributed by atoms with Crippen molar-refractivity contribution in [3.8, 4) is 0 Å². The predicted octanol–water partition coefficient (Wildman–Crippen LogP) is 2.95. The van der Waals surface area contributed by atoms with Crippen molar-refractivity contribution in [2.24, 2.45) is 0 Å². The van der Waals surface area contributed by atoms with Gasteiger partial charge < -0.3 is 0 Å². The van der Waals surface area contributed by atoms with Crippen molar-refractivity contribution in [2.75, 3.05) is 0 Å². The lowest BCUT2D eigenvalue weighted by Gasteiger charge is -1.94. The van der Waals surface area contributed by atoms with Gasteiger partial charge in [-0.05, 0) is 25.1 Å². The summed E-state index contributed by atoms with van der Waals surface area (Å²) in [5, 5.41) is 0.907. The smallest absolute Gasteiger partial charge is 0.242 e. The largest absolute Gasteiger partial charge is 0.261 e. The van der Waals surface area contributed by atoms with Gasteiger partial charge in [0.1, 0.15) is 0 Å². The van der Waals surface area contributed by atoms with E-state index in [1.807, 2.05) is 6.92 Å². The molecule has 7 heteroatoms. The van der Waals surface area contributed by atoms with Gasteiger partial charge in [-0.15, -0.1) is 23.7 Å². The summed E-state index contributed by atoms with van der Waals surface area (Å²) in [6, 6.07) is 4.67. The molecule has 1 heterocycles. The first-order valence-corrected chi connectivity index (χ1v) is 6.91. The van der Waals surface area contributed by atoms with Crippen molar-refractivity contribution in [3.05, 3.63) is 23.2 Å². The molecule has 2 rings (SSSR count). The molecule has 0 atom stereocenters. The summed E-state index contributed by atoms with van der Waals surface area (Å²) in [5.41, 5.74) is 0.802. The van der Waals surface area contributed by atoms with Gasteiger partial charge in [-0.1, -0.05) is 0 Å². The van der Waals surface area contributed by atoms with E-state index < -0.39 is 9.05 Å². The highest BCUT2D eigenvalue weighted by atomic mass is 35.7. The number of rotatable bonds is 1. The van der Waals surface area contributed by atoms with Gasteiger partial charge in [0.2, 0.25) is 0 Å². The molecule has 0 aliphatic rings. The Bertz CT molecular complexity index is 592. The minimum absolute atomic E-state index is 0. The van der Waals surface area contributed by atoms with Gasteiger partial charge in [-0.2, -0.15) is 0 Å². The van der Waals surface area contributed by atoms with Gasteiger partial charge in [0.15, 0.2) is 0 Å². The fourth-order valence-electron chi connectivity index (χ4n) is 1.17. The van der Waals surface area contributed by atoms with Crippen LogP contribution in [0.2, 0.25) is 0 Å². The minimum atomic E-state index is -3.63. The average molecular weight is 284 g/mol.